The van der Waals surface area contributed by atoms with Gasteiger partial charge in [-0.2, -0.15) is 0 Å². The highest BCUT2D eigenvalue weighted by atomic mass is 35.5. The molecule has 0 radical (unpaired) electrons. The average molecular weight is 354 g/mol. The van der Waals surface area contributed by atoms with E-state index in [2.05, 4.69) is 5.32 Å². The van der Waals surface area contributed by atoms with Gasteiger partial charge in [-0.1, -0.05) is 29.8 Å². The first-order valence-corrected chi connectivity index (χ1v) is 8.52. The standard InChI is InChI=1S/C17H17ClFNO2S/c1-22-9-12-4-2-5-13(8-12)20-17(21)11-23-10-14-15(18)6-3-7-16(14)19/h2-8H,9-11H2,1H3,(H,20,21). The maximum absolute atomic E-state index is 13.6. The number of hydrogen-bond donors (Lipinski definition) is 1. The van der Waals surface area contributed by atoms with E-state index in [0.717, 1.165) is 5.56 Å². The molecule has 0 unspecified atom stereocenters. The lowest BCUT2D eigenvalue weighted by atomic mass is 10.2. The molecule has 2 rings (SSSR count). The van der Waals surface area contributed by atoms with E-state index in [1.807, 2.05) is 24.3 Å². The van der Waals surface area contributed by atoms with Crippen molar-refractivity contribution >= 4 is 35.0 Å². The van der Waals surface area contributed by atoms with Crippen LogP contribution < -0.4 is 5.32 Å². The van der Waals surface area contributed by atoms with Gasteiger partial charge in [0, 0.05) is 29.1 Å². The maximum Gasteiger partial charge on any atom is 0.234 e. The molecule has 0 aliphatic rings. The molecule has 1 N–H and O–H groups in total. The minimum absolute atomic E-state index is 0.142. The summed E-state index contributed by atoms with van der Waals surface area (Å²) in [5.41, 5.74) is 2.12. The molecule has 0 fully saturated rings. The van der Waals surface area contributed by atoms with Crippen molar-refractivity contribution in [1.82, 2.24) is 0 Å². The summed E-state index contributed by atoms with van der Waals surface area (Å²) >= 11 is 7.27. The van der Waals surface area contributed by atoms with Gasteiger partial charge in [0.1, 0.15) is 5.82 Å². The van der Waals surface area contributed by atoms with Crippen molar-refractivity contribution in [2.75, 3.05) is 18.2 Å². The van der Waals surface area contributed by atoms with Crippen molar-refractivity contribution in [3.8, 4) is 0 Å². The second kappa shape index (κ2) is 8.91. The summed E-state index contributed by atoms with van der Waals surface area (Å²) in [6, 6.07) is 12.0. The quantitative estimate of drug-likeness (QED) is 0.796. The molecule has 2 aromatic carbocycles. The van der Waals surface area contributed by atoms with Crippen molar-refractivity contribution in [3.63, 3.8) is 0 Å². The first-order chi connectivity index (χ1) is 11.1. The van der Waals surface area contributed by atoms with Gasteiger partial charge in [-0.3, -0.25) is 4.79 Å². The number of carbonyl (C=O) groups is 1. The van der Waals surface area contributed by atoms with Gasteiger partial charge in [-0.15, -0.1) is 11.8 Å². The number of amides is 1. The van der Waals surface area contributed by atoms with Crippen LogP contribution in [0.5, 0.6) is 0 Å². The second-order valence-corrected chi connectivity index (χ2v) is 6.27. The molecule has 3 nitrogen and oxygen atoms in total. The van der Waals surface area contributed by atoms with Crippen LogP contribution in [-0.4, -0.2) is 18.8 Å². The second-order valence-electron chi connectivity index (χ2n) is 4.87. The Bertz CT molecular complexity index is 661. The normalized spacial score (nSPS) is 10.6. The Labute approximate surface area is 144 Å². The van der Waals surface area contributed by atoms with Crippen LogP contribution in [0.3, 0.4) is 0 Å². The fourth-order valence-electron chi connectivity index (χ4n) is 2.02. The highest BCUT2D eigenvalue weighted by molar-refractivity contribution is 7.99. The molecule has 0 saturated heterocycles. The zero-order chi connectivity index (χ0) is 16.7. The molecule has 0 aromatic heterocycles. The lowest BCUT2D eigenvalue weighted by Crippen LogP contribution is -2.14. The Balaban J connectivity index is 1.85. The molecule has 0 spiro atoms. The Morgan fingerprint density at radius 3 is 2.83 bits per heavy atom. The summed E-state index contributed by atoms with van der Waals surface area (Å²) in [4.78, 5) is 12.0. The van der Waals surface area contributed by atoms with Crippen molar-refractivity contribution in [1.29, 1.82) is 0 Å². The van der Waals surface area contributed by atoms with Gasteiger partial charge in [0.15, 0.2) is 0 Å². The van der Waals surface area contributed by atoms with E-state index in [9.17, 15) is 9.18 Å². The number of carbonyl (C=O) groups excluding carboxylic acids is 1. The summed E-state index contributed by atoms with van der Waals surface area (Å²) in [7, 11) is 1.62. The van der Waals surface area contributed by atoms with Crippen LogP contribution in [-0.2, 0) is 21.9 Å². The summed E-state index contributed by atoms with van der Waals surface area (Å²) in [6.45, 7) is 0.490. The minimum atomic E-state index is -0.349. The van der Waals surface area contributed by atoms with E-state index in [-0.39, 0.29) is 17.5 Å². The van der Waals surface area contributed by atoms with Crippen LogP contribution in [0.2, 0.25) is 5.02 Å². The Hall–Kier alpha value is -1.56. The van der Waals surface area contributed by atoms with Crippen molar-refractivity contribution in [2.24, 2.45) is 0 Å². The Morgan fingerprint density at radius 1 is 1.30 bits per heavy atom. The van der Waals surface area contributed by atoms with Crippen molar-refractivity contribution in [3.05, 3.63) is 64.4 Å². The molecule has 0 heterocycles. The highest BCUT2D eigenvalue weighted by Crippen LogP contribution is 2.24. The van der Waals surface area contributed by atoms with Crippen LogP contribution in [0, 0.1) is 5.82 Å². The Kier molecular flexibility index (Phi) is 6.89. The topological polar surface area (TPSA) is 38.3 Å². The van der Waals surface area contributed by atoms with Gasteiger partial charge in [0.05, 0.1) is 12.4 Å². The van der Waals surface area contributed by atoms with Crippen molar-refractivity contribution in [2.45, 2.75) is 12.4 Å². The van der Waals surface area contributed by atoms with E-state index in [0.29, 0.717) is 28.6 Å². The molecule has 0 bridgehead atoms. The number of methoxy groups -OCH3 is 1. The number of nitrogens with one attached hydrogen (secondary N) is 1. The summed E-state index contributed by atoms with van der Waals surface area (Å²) in [5, 5.41) is 3.19. The maximum atomic E-state index is 13.6. The SMILES string of the molecule is COCc1cccc(NC(=O)CSCc2c(F)cccc2Cl)c1. The molecular formula is C17H17ClFNO2S. The van der Waals surface area contributed by atoms with Gasteiger partial charge in [0.2, 0.25) is 5.91 Å². The molecular weight excluding hydrogens is 337 g/mol. The number of anilines is 1. The number of ether oxygens (including phenoxy) is 1. The van der Waals surface area contributed by atoms with Crippen LogP contribution in [0.1, 0.15) is 11.1 Å². The van der Waals surface area contributed by atoms with Crippen LogP contribution in [0.15, 0.2) is 42.5 Å². The number of thioether (sulfide) groups is 1. The highest BCUT2D eigenvalue weighted by Gasteiger charge is 2.09. The first-order valence-electron chi connectivity index (χ1n) is 6.98. The van der Waals surface area contributed by atoms with Crippen LogP contribution >= 0.6 is 23.4 Å². The molecule has 0 aliphatic heterocycles. The Morgan fingerprint density at radius 2 is 2.09 bits per heavy atom. The molecule has 6 heteroatoms. The van der Waals surface area contributed by atoms with E-state index < -0.39 is 0 Å². The molecule has 23 heavy (non-hydrogen) atoms. The summed E-state index contributed by atoms with van der Waals surface area (Å²) in [6.07, 6.45) is 0. The lowest BCUT2D eigenvalue weighted by Gasteiger charge is -2.08. The van der Waals surface area contributed by atoms with Gasteiger partial charge in [0.25, 0.3) is 0 Å². The number of benzene rings is 2. The third-order valence-electron chi connectivity index (χ3n) is 3.06. The average Bonchev–Trinajstić information content (AvgIpc) is 2.51. The van der Waals surface area contributed by atoms with Gasteiger partial charge >= 0.3 is 0 Å². The van der Waals surface area contributed by atoms with Gasteiger partial charge in [-0.05, 0) is 29.8 Å². The molecule has 0 atom stereocenters. The largest absolute Gasteiger partial charge is 0.380 e. The van der Waals surface area contributed by atoms with E-state index >= 15 is 0 Å². The molecule has 2 aromatic rings. The number of halogens is 2. The third kappa shape index (κ3) is 5.53. The molecule has 0 saturated carbocycles. The predicted molar refractivity (Wildman–Crippen MR) is 93.4 cm³/mol. The lowest BCUT2D eigenvalue weighted by molar-refractivity contribution is -0.113. The van der Waals surface area contributed by atoms with Crippen molar-refractivity contribution < 1.29 is 13.9 Å². The van der Waals surface area contributed by atoms with Gasteiger partial charge in [-0.25, -0.2) is 4.39 Å². The molecule has 122 valence electrons. The minimum Gasteiger partial charge on any atom is -0.380 e. The predicted octanol–water partition coefficient (Wildman–Crippen LogP) is 4.50. The summed E-state index contributed by atoms with van der Waals surface area (Å²) in [5.74, 6) is 0.0802. The van der Waals surface area contributed by atoms with E-state index in [1.54, 1.807) is 19.2 Å². The molecule has 1 amide bonds. The van der Waals surface area contributed by atoms with E-state index in [4.69, 9.17) is 16.3 Å². The fourth-order valence-corrected chi connectivity index (χ4v) is 3.18. The monoisotopic (exact) mass is 353 g/mol. The van der Waals surface area contributed by atoms with Crippen LogP contribution in [0.4, 0.5) is 10.1 Å². The van der Waals surface area contributed by atoms with Crippen LogP contribution in [0.25, 0.3) is 0 Å². The number of rotatable bonds is 7. The number of hydrogen-bond acceptors (Lipinski definition) is 3. The third-order valence-corrected chi connectivity index (χ3v) is 4.38. The fraction of sp³-hybridized carbons (Fsp3) is 0.235. The zero-order valence-corrected chi connectivity index (χ0v) is 14.2. The first kappa shape index (κ1) is 17.8. The smallest absolute Gasteiger partial charge is 0.234 e. The zero-order valence-electron chi connectivity index (χ0n) is 12.6. The summed E-state index contributed by atoms with van der Waals surface area (Å²) < 4.78 is 18.7. The molecule has 0 aliphatic carbocycles. The van der Waals surface area contributed by atoms with Gasteiger partial charge < -0.3 is 10.1 Å². The van der Waals surface area contributed by atoms with E-state index in [1.165, 1.54) is 17.8 Å².